The Morgan fingerprint density at radius 3 is 2.27 bits per heavy atom. The molecule has 2 aliphatic heterocycles. The highest BCUT2D eigenvalue weighted by Gasteiger charge is 2.41. The average Bonchev–Trinajstić information content (AvgIpc) is 3.27. The standard InChI is InChI=1S/C31H36ClN5O3S/c1-20-10-6-9-13-24(20)37-30-27(29(33-37)31(3,4)5)28(22-11-7-8-12-23(22)32)41-19-26(40)36(30)18-25(39)35-16-14-34(15-17-35)21(2)38/h6-13,28H,14-19H2,1-5H3/t28-/m1/s1. The maximum atomic E-state index is 13.9. The molecule has 216 valence electrons. The number of piperazine rings is 1. The van der Waals surface area contributed by atoms with Gasteiger partial charge < -0.3 is 9.80 Å². The van der Waals surface area contributed by atoms with Gasteiger partial charge >= 0.3 is 0 Å². The first-order valence-electron chi connectivity index (χ1n) is 13.9. The second-order valence-electron chi connectivity index (χ2n) is 11.6. The third-order valence-corrected chi connectivity index (χ3v) is 9.28. The van der Waals surface area contributed by atoms with Gasteiger partial charge in [-0.3, -0.25) is 19.3 Å². The van der Waals surface area contributed by atoms with Gasteiger partial charge in [-0.25, -0.2) is 4.68 Å². The maximum absolute atomic E-state index is 13.9. The minimum Gasteiger partial charge on any atom is -0.339 e. The first-order valence-corrected chi connectivity index (χ1v) is 15.3. The zero-order chi connectivity index (χ0) is 29.5. The lowest BCUT2D eigenvalue weighted by atomic mass is 9.87. The Balaban J connectivity index is 1.67. The molecule has 3 heterocycles. The number of carbonyl (C=O) groups excluding carboxylic acids is 3. The highest BCUT2D eigenvalue weighted by atomic mass is 35.5. The van der Waals surface area contributed by atoms with Crippen molar-refractivity contribution in [2.24, 2.45) is 0 Å². The number of hydrogen-bond donors (Lipinski definition) is 0. The Morgan fingerprint density at radius 2 is 1.63 bits per heavy atom. The number of benzene rings is 2. The highest BCUT2D eigenvalue weighted by Crippen LogP contribution is 2.49. The summed E-state index contributed by atoms with van der Waals surface area (Å²) in [6.45, 7) is 11.6. The fourth-order valence-corrected chi connectivity index (χ4v) is 7.02. The van der Waals surface area contributed by atoms with Gasteiger partial charge in [0.05, 0.1) is 22.4 Å². The molecule has 0 radical (unpaired) electrons. The predicted octanol–water partition coefficient (Wildman–Crippen LogP) is 4.99. The number of amides is 3. The Bertz CT molecular complexity index is 1490. The van der Waals surface area contributed by atoms with Crippen molar-refractivity contribution >= 4 is 46.9 Å². The summed E-state index contributed by atoms with van der Waals surface area (Å²) in [6.07, 6.45) is 0. The monoisotopic (exact) mass is 593 g/mol. The zero-order valence-corrected chi connectivity index (χ0v) is 25.8. The molecule has 1 aromatic heterocycles. The smallest absolute Gasteiger partial charge is 0.242 e. The largest absolute Gasteiger partial charge is 0.339 e. The molecule has 41 heavy (non-hydrogen) atoms. The van der Waals surface area contributed by atoms with Crippen LogP contribution < -0.4 is 4.90 Å². The molecule has 0 bridgehead atoms. The lowest BCUT2D eigenvalue weighted by Crippen LogP contribution is -2.53. The van der Waals surface area contributed by atoms with E-state index in [0.29, 0.717) is 37.0 Å². The van der Waals surface area contributed by atoms with Crippen molar-refractivity contribution in [1.82, 2.24) is 19.6 Å². The number of aromatic nitrogens is 2. The van der Waals surface area contributed by atoms with Gasteiger partial charge in [0.25, 0.3) is 0 Å². The Hall–Kier alpha value is -3.30. The van der Waals surface area contributed by atoms with Gasteiger partial charge in [0.2, 0.25) is 17.7 Å². The van der Waals surface area contributed by atoms with E-state index in [1.165, 1.54) is 11.8 Å². The van der Waals surface area contributed by atoms with Gasteiger partial charge in [0, 0.05) is 49.1 Å². The minimum absolute atomic E-state index is 0.00363. The molecule has 0 aliphatic carbocycles. The molecule has 3 amide bonds. The molecule has 3 aromatic rings. The van der Waals surface area contributed by atoms with Crippen molar-refractivity contribution in [3.8, 4) is 5.69 Å². The van der Waals surface area contributed by atoms with Crippen molar-refractivity contribution in [2.45, 2.75) is 45.3 Å². The van der Waals surface area contributed by atoms with Crippen LogP contribution in [0.4, 0.5) is 5.82 Å². The van der Waals surface area contributed by atoms with E-state index in [2.05, 4.69) is 20.8 Å². The molecule has 0 N–H and O–H groups in total. The topological polar surface area (TPSA) is 78.8 Å². The van der Waals surface area contributed by atoms with Crippen LogP contribution in [-0.4, -0.2) is 75.8 Å². The molecule has 0 spiro atoms. The number of aryl methyl sites for hydroxylation is 1. The van der Waals surface area contributed by atoms with Gasteiger partial charge in [0.1, 0.15) is 12.4 Å². The van der Waals surface area contributed by atoms with E-state index in [4.69, 9.17) is 16.7 Å². The van der Waals surface area contributed by atoms with Crippen molar-refractivity contribution in [3.05, 3.63) is 75.9 Å². The normalized spacial score (nSPS) is 17.9. The maximum Gasteiger partial charge on any atom is 0.242 e. The van der Waals surface area contributed by atoms with E-state index in [9.17, 15) is 14.4 Å². The van der Waals surface area contributed by atoms with Crippen molar-refractivity contribution in [1.29, 1.82) is 0 Å². The Kier molecular flexibility index (Phi) is 8.21. The predicted molar refractivity (Wildman–Crippen MR) is 164 cm³/mol. The average molecular weight is 594 g/mol. The summed E-state index contributed by atoms with van der Waals surface area (Å²) in [5.41, 5.74) is 4.17. The number of thioether (sulfide) groups is 1. The van der Waals surface area contributed by atoms with Gasteiger partial charge in [0.15, 0.2) is 0 Å². The number of para-hydroxylation sites is 1. The molecule has 10 heteroatoms. The van der Waals surface area contributed by atoms with Crippen LogP contribution >= 0.6 is 23.4 Å². The molecule has 1 saturated heterocycles. The third kappa shape index (κ3) is 5.75. The summed E-state index contributed by atoms with van der Waals surface area (Å²) in [6, 6.07) is 15.7. The molecule has 5 rings (SSSR count). The fourth-order valence-electron chi connectivity index (χ4n) is 5.48. The summed E-state index contributed by atoms with van der Waals surface area (Å²) in [7, 11) is 0. The first-order chi connectivity index (χ1) is 19.5. The number of halogens is 1. The lowest BCUT2D eigenvalue weighted by molar-refractivity contribution is -0.137. The van der Waals surface area contributed by atoms with Gasteiger partial charge in [-0.1, -0.05) is 68.8 Å². The molecular formula is C31H36ClN5O3S. The quantitative estimate of drug-likeness (QED) is 0.426. The number of rotatable bonds is 4. The first kappa shape index (κ1) is 29.2. The number of hydrogen-bond acceptors (Lipinski definition) is 5. The van der Waals surface area contributed by atoms with Crippen LogP contribution in [0.25, 0.3) is 5.69 Å². The summed E-state index contributed by atoms with van der Waals surface area (Å²) < 4.78 is 1.85. The molecule has 1 fully saturated rings. The van der Waals surface area contributed by atoms with Crippen molar-refractivity contribution < 1.29 is 14.4 Å². The summed E-state index contributed by atoms with van der Waals surface area (Å²) in [5.74, 6) is 0.497. The van der Waals surface area contributed by atoms with Crippen molar-refractivity contribution in [3.63, 3.8) is 0 Å². The van der Waals surface area contributed by atoms with E-state index in [1.807, 2.05) is 60.1 Å². The number of fused-ring (bicyclic) bond motifs is 1. The van der Waals surface area contributed by atoms with Crippen LogP contribution in [0.2, 0.25) is 5.02 Å². The SMILES string of the molecule is CC(=O)N1CCN(C(=O)CN2C(=O)CS[C@H](c3ccccc3Cl)c3c(C(C)(C)C)nn(-c4ccccc4C)c32)CC1. The van der Waals surface area contributed by atoms with Gasteiger partial charge in [-0.2, -0.15) is 5.10 Å². The zero-order valence-electron chi connectivity index (χ0n) is 24.2. The van der Waals surface area contributed by atoms with Crippen molar-refractivity contribution in [2.75, 3.05) is 43.4 Å². The number of anilines is 1. The Labute approximate surface area is 250 Å². The molecular weight excluding hydrogens is 558 g/mol. The second-order valence-corrected chi connectivity index (χ2v) is 13.1. The molecule has 2 aromatic carbocycles. The van der Waals surface area contributed by atoms with Gasteiger partial charge in [-0.15, -0.1) is 11.8 Å². The third-order valence-electron chi connectivity index (χ3n) is 7.70. The molecule has 2 aliphatic rings. The van der Waals surface area contributed by atoms with Crippen LogP contribution in [0.5, 0.6) is 0 Å². The van der Waals surface area contributed by atoms with E-state index >= 15 is 0 Å². The van der Waals surface area contributed by atoms with Crippen LogP contribution in [-0.2, 0) is 19.8 Å². The summed E-state index contributed by atoms with van der Waals surface area (Å²) >= 11 is 8.27. The van der Waals surface area contributed by atoms with Crippen LogP contribution in [0.3, 0.4) is 0 Å². The number of carbonyl (C=O) groups is 3. The van der Waals surface area contributed by atoms with Crippen LogP contribution in [0.15, 0.2) is 48.5 Å². The lowest BCUT2D eigenvalue weighted by Gasteiger charge is -2.35. The molecule has 0 saturated carbocycles. The Morgan fingerprint density at radius 1 is 1.00 bits per heavy atom. The molecule has 1 atom stereocenters. The van der Waals surface area contributed by atoms with E-state index < -0.39 is 0 Å². The highest BCUT2D eigenvalue weighted by molar-refractivity contribution is 8.00. The number of nitrogens with zero attached hydrogens (tertiary/aromatic N) is 5. The van der Waals surface area contributed by atoms with E-state index in [0.717, 1.165) is 28.1 Å². The minimum atomic E-state index is -0.357. The van der Waals surface area contributed by atoms with Crippen LogP contribution in [0, 0.1) is 6.92 Å². The summed E-state index contributed by atoms with van der Waals surface area (Å²) in [5, 5.41) is 5.54. The van der Waals surface area contributed by atoms with Crippen LogP contribution in [0.1, 0.15) is 55.3 Å². The van der Waals surface area contributed by atoms with E-state index in [-0.39, 0.29) is 40.7 Å². The van der Waals surface area contributed by atoms with Gasteiger partial charge in [-0.05, 0) is 30.2 Å². The second kappa shape index (κ2) is 11.5. The fraction of sp³-hybridized carbons (Fsp3) is 0.419. The van der Waals surface area contributed by atoms with E-state index in [1.54, 1.807) is 21.6 Å². The molecule has 0 unspecified atom stereocenters. The summed E-state index contributed by atoms with van der Waals surface area (Å²) in [4.78, 5) is 44.6. The molecule has 8 nitrogen and oxygen atoms in total.